The predicted molar refractivity (Wildman–Crippen MR) is 309 cm³/mol. The van der Waals surface area contributed by atoms with E-state index in [2.05, 4.69) is 254 Å². The van der Waals surface area contributed by atoms with Gasteiger partial charge >= 0.3 is 0 Å². The number of benzene rings is 11. The molecule has 16 rings (SSSR count). The lowest BCUT2D eigenvalue weighted by atomic mass is 9.31. The standard InChI is InChI=1S/C68H44B2N2O2/c1-41-23-33-60-55(35-41)69-54-39-49(45-19-11-5-12-20-45)28-32-59(54)71(51-29-25-47(26-30-51)43-15-7-3-8-16-43)65-62(69)68(74-60)66-63-67(65)73-61-34-24-42(2)36-56(61)70(63)57-40-50(46-21-13-6-14-22-46)38-53-52-37-48(44-17-9-4-10-18-44)27-31-58(52)72(66)64(53)57/h3-40H,1-2H3. The molecule has 344 valence electrons. The SMILES string of the molecule is Cc1ccc2c(c1)B1c3cc(-c4ccccc4)ccc3N(c3ccc(-c4ccccc4)cc3)c3c4c5c(c(c31)O2)-n1c2ccc(-c3ccccc3)cc2c2cc(-c3ccccc3)cc(c21)B5c1cc(C)ccc1O4. The average molecular weight is 943 g/mol. The normalized spacial score (nSPS) is 13.1. The summed E-state index contributed by atoms with van der Waals surface area (Å²) < 4.78 is 17.9. The minimum atomic E-state index is -0.188. The van der Waals surface area contributed by atoms with Gasteiger partial charge in [0.1, 0.15) is 23.0 Å². The zero-order valence-corrected chi connectivity index (χ0v) is 40.8. The number of aromatic nitrogens is 1. The van der Waals surface area contributed by atoms with Crippen molar-refractivity contribution in [3.63, 3.8) is 0 Å². The summed E-state index contributed by atoms with van der Waals surface area (Å²) in [5, 5.41) is 2.41. The Balaban J connectivity index is 1.07. The highest BCUT2D eigenvalue weighted by Crippen LogP contribution is 2.52. The summed E-state index contributed by atoms with van der Waals surface area (Å²) in [5.41, 5.74) is 25.4. The van der Waals surface area contributed by atoms with E-state index < -0.39 is 0 Å². The Kier molecular flexibility index (Phi) is 8.74. The number of aryl methyl sites for hydroxylation is 2. The minimum absolute atomic E-state index is 0.186. The molecule has 11 aromatic carbocycles. The molecule has 0 saturated carbocycles. The molecule has 0 fully saturated rings. The van der Waals surface area contributed by atoms with Crippen LogP contribution in [0.5, 0.6) is 23.0 Å². The Morgan fingerprint density at radius 2 is 0.811 bits per heavy atom. The molecule has 4 aliphatic rings. The third-order valence-electron chi connectivity index (χ3n) is 16.2. The number of nitrogens with zero attached hydrogens (tertiary/aromatic N) is 2. The first-order valence-electron chi connectivity index (χ1n) is 25.7. The van der Waals surface area contributed by atoms with E-state index in [-0.39, 0.29) is 13.4 Å². The highest BCUT2D eigenvalue weighted by atomic mass is 16.5. The fourth-order valence-corrected chi connectivity index (χ4v) is 12.9. The molecule has 1 aromatic heterocycles. The van der Waals surface area contributed by atoms with Crippen LogP contribution in [0.2, 0.25) is 0 Å². The smallest absolute Gasteiger partial charge is 0.256 e. The zero-order valence-electron chi connectivity index (χ0n) is 40.8. The van der Waals surface area contributed by atoms with Gasteiger partial charge in [-0.05, 0) is 129 Å². The van der Waals surface area contributed by atoms with E-state index in [9.17, 15) is 0 Å². The van der Waals surface area contributed by atoms with Crippen molar-refractivity contribution in [1.29, 1.82) is 0 Å². The van der Waals surface area contributed by atoms with E-state index in [0.29, 0.717) is 0 Å². The highest BCUT2D eigenvalue weighted by molar-refractivity contribution is 7.02. The predicted octanol–water partition coefficient (Wildman–Crippen LogP) is 13.4. The van der Waals surface area contributed by atoms with Crippen LogP contribution in [0.4, 0.5) is 17.1 Å². The van der Waals surface area contributed by atoms with E-state index in [1.54, 1.807) is 0 Å². The molecular formula is C68H44B2N2O2. The molecule has 0 aliphatic carbocycles. The fraction of sp³-hybridized carbons (Fsp3) is 0.0294. The third-order valence-corrected chi connectivity index (χ3v) is 16.2. The molecule has 12 aromatic rings. The van der Waals surface area contributed by atoms with Gasteiger partial charge in [0, 0.05) is 38.6 Å². The number of rotatable bonds is 5. The lowest BCUT2D eigenvalue weighted by molar-refractivity contribution is 0.474. The average Bonchev–Trinajstić information content (AvgIpc) is 3.94. The Labute approximate surface area is 430 Å². The lowest BCUT2D eigenvalue weighted by Crippen LogP contribution is -2.63. The van der Waals surface area contributed by atoms with Crippen LogP contribution in [0.1, 0.15) is 11.1 Å². The summed E-state index contributed by atoms with van der Waals surface area (Å²) in [5.74, 6) is 3.48. The summed E-state index contributed by atoms with van der Waals surface area (Å²) in [4.78, 5) is 2.48. The largest absolute Gasteiger partial charge is 0.456 e. The number of fused-ring (bicyclic) bond motifs is 13. The van der Waals surface area contributed by atoms with Crippen molar-refractivity contribution in [3.8, 4) is 73.2 Å². The molecule has 4 nitrogen and oxygen atoms in total. The van der Waals surface area contributed by atoms with Crippen LogP contribution in [0.25, 0.3) is 72.0 Å². The van der Waals surface area contributed by atoms with Crippen LogP contribution >= 0.6 is 0 Å². The number of ether oxygens (including phenoxy) is 2. The monoisotopic (exact) mass is 942 g/mol. The molecule has 0 unspecified atom stereocenters. The lowest BCUT2D eigenvalue weighted by Gasteiger charge is -2.45. The van der Waals surface area contributed by atoms with E-state index in [0.717, 1.165) is 78.7 Å². The van der Waals surface area contributed by atoms with Gasteiger partial charge in [-0.1, -0.05) is 193 Å². The molecule has 74 heavy (non-hydrogen) atoms. The molecule has 0 atom stereocenters. The minimum Gasteiger partial charge on any atom is -0.456 e. The van der Waals surface area contributed by atoms with Crippen molar-refractivity contribution in [3.05, 3.63) is 242 Å². The van der Waals surface area contributed by atoms with Crippen molar-refractivity contribution in [1.82, 2.24) is 4.57 Å². The van der Waals surface area contributed by atoms with E-state index in [1.807, 2.05) is 0 Å². The van der Waals surface area contributed by atoms with Crippen molar-refractivity contribution in [2.75, 3.05) is 4.90 Å². The summed E-state index contributed by atoms with van der Waals surface area (Å²) in [7, 11) is 0. The molecule has 5 heterocycles. The second kappa shape index (κ2) is 15.6. The van der Waals surface area contributed by atoms with Gasteiger partial charge in [-0.25, -0.2) is 0 Å². The molecule has 6 heteroatoms. The first-order valence-corrected chi connectivity index (χ1v) is 25.7. The summed E-state index contributed by atoms with van der Waals surface area (Å²) in [6, 6.07) is 84.6. The van der Waals surface area contributed by atoms with Crippen molar-refractivity contribution in [2.24, 2.45) is 0 Å². The third kappa shape index (κ3) is 5.94. The topological polar surface area (TPSA) is 26.6 Å². The molecule has 0 amide bonds. The first kappa shape index (κ1) is 41.4. The summed E-state index contributed by atoms with van der Waals surface area (Å²) in [6.07, 6.45) is 0. The Bertz CT molecular complexity index is 4320. The Hall–Kier alpha value is -9.25. The molecule has 0 spiro atoms. The van der Waals surface area contributed by atoms with E-state index >= 15 is 0 Å². The zero-order chi connectivity index (χ0) is 48.8. The van der Waals surface area contributed by atoms with E-state index in [4.69, 9.17) is 9.47 Å². The molecule has 4 aliphatic heterocycles. The van der Waals surface area contributed by atoms with Crippen LogP contribution in [-0.2, 0) is 0 Å². The van der Waals surface area contributed by atoms with Gasteiger partial charge in [0.05, 0.1) is 16.9 Å². The highest BCUT2D eigenvalue weighted by Gasteiger charge is 2.51. The molecule has 0 saturated heterocycles. The van der Waals surface area contributed by atoms with Crippen LogP contribution in [0, 0.1) is 13.8 Å². The van der Waals surface area contributed by atoms with Crippen LogP contribution in [0.3, 0.4) is 0 Å². The van der Waals surface area contributed by atoms with Gasteiger partial charge in [-0.3, -0.25) is 0 Å². The van der Waals surface area contributed by atoms with Crippen molar-refractivity contribution < 1.29 is 9.47 Å². The fourth-order valence-electron chi connectivity index (χ4n) is 12.9. The van der Waals surface area contributed by atoms with Crippen molar-refractivity contribution >= 4 is 85.1 Å². The summed E-state index contributed by atoms with van der Waals surface area (Å²) in [6.45, 7) is 4.02. The van der Waals surface area contributed by atoms with Gasteiger partial charge < -0.3 is 18.9 Å². The van der Waals surface area contributed by atoms with Gasteiger partial charge in [-0.2, -0.15) is 0 Å². The number of hydrogen-bond acceptors (Lipinski definition) is 3. The Morgan fingerprint density at radius 1 is 0.351 bits per heavy atom. The first-order chi connectivity index (χ1) is 36.5. The molecule has 0 bridgehead atoms. The maximum absolute atomic E-state index is 7.70. The van der Waals surface area contributed by atoms with Gasteiger partial charge in [0.15, 0.2) is 0 Å². The van der Waals surface area contributed by atoms with E-state index in [1.165, 1.54) is 77.3 Å². The van der Waals surface area contributed by atoms with Crippen LogP contribution in [-0.4, -0.2) is 18.0 Å². The summed E-state index contributed by atoms with van der Waals surface area (Å²) >= 11 is 0. The maximum atomic E-state index is 7.70. The second-order valence-corrected chi connectivity index (χ2v) is 20.5. The second-order valence-electron chi connectivity index (χ2n) is 20.5. The van der Waals surface area contributed by atoms with Gasteiger partial charge in [-0.15, -0.1) is 0 Å². The van der Waals surface area contributed by atoms with Gasteiger partial charge in [0.2, 0.25) is 0 Å². The van der Waals surface area contributed by atoms with Gasteiger partial charge in [0.25, 0.3) is 13.4 Å². The maximum Gasteiger partial charge on any atom is 0.256 e. The quantitative estimate of drug-likeness (QED) is 0.161. The van der Waals surface area contributed by atoms with Crippen LogP contribution < -0.4 is 47.2 Å². The van der Waals surface area contributed by atoms with Crippen molar-refractivity contribution in [2.45, 2.75) is 13.8 Å². The Morgan fingerprint density at radius 3 is 1.42 bits per heavy atom. The molecular weight excluding hydrogens is 898 g/mol. The molecule has 0 N–H and O–H groups in total. The number of hydrogen-bond donors (Lipinski definition) is 0. The molecule has 0 radical (unpaired) electrons. The van der Waals surface area contributed by atoms with Crippen LogP contribution in [0.15, 0.2) is 231 Å². The number of anilines is 3.